The van der Waals surface area contributed by atoms with E-state index in [9.17, 15) is 4.79 Å². The minimum atomic E-state index is -0.122. The SMILES string of the molecule is CSCCC(C)N(C)C(=O)c1cc(N)ncc1Cl. The Balaban J connectivity index is 2.82. The molecule has 0 aromatic carbocycles. The topological polar surface area (TPSA) is 59.2 Å². The molecule has 0 aliphatic carbocycles. The highest BCUT2D eigenvalue weighted by Crippen LogP contribution is 2.19. The molecule has 1 heterocycles. The molecule has 1 atom stereocenters. The Hall–Kier alpha value is -0.940. The second-order valence-corrected chi connectivity index (χ2v) is 5.53. The normalized spacial score (nSPS) is 12.2. The quantitative estimate of drug-likeness (QED) is 0.904. The Morgan fingerprint density at radius 3 is 2.94 bits per heavy atom. The van der Waals surface area contributed by atoms with Gasteiger partial charge in [0.2, 0.25) is 0 Å². The third-order valence-electron chi connectivity index (χ3n) is 2.83. The fraction of sp³-hybridized carbons (Fsp3) is 0.500. The highest BCUT2D eigenvalue weighted by atomic mass is 35.5. The summed E-state index contributed by atoms with van der Waals surface area (Å²) in [5.74, 6) is 1.20. The van der Waals surface area contributed by atoms with Gasteiger partial charge in [-0.25, -0.2) is 4.98 Å². The number of nitrogens with zero attached hydrogens (tertiary/aromatic N) is 2. The number of anilines is 1. The number of amides is 1. The van der Waals surface area contributed by atoms with Crippen LogP contribution in [0.3, 0.4) is 0 Å². The first-order chi connectivity index (χ1) is 8.47. The van der Waals surface area contributed by atoms with Crippen LogP contribution in [0.5, 0.6) is 0 Å². The van der Waals surface area contributed by atoms with Gasteiger partial charge < -0.3 is 10.6 Å². The van der Waals surface area contributed by atoms with Crippen molar-refractivity contribution in [2.24, 2.45) is 0 Å². The summed E-state index contributed by atoms with van der Waals surface area (Å²) in [5, 5.41) is 0.332. The minimum Gasteiger partial charge on any atom is -0.384 e. The lowest BCUT2D eigenvalue weighted by Gasteiger charge is -2.25. The van der Waals surface area contributed by atoms with Crippen LogP contribution in [0.1, 0.15) is 23.7 Å². The highest BCUT2D eigenvalue weighted by molar-refractivity contribution is 7.98. The van der Waals surface area contributed by atoms with Crippen molar-refractivity contribution >= 4 is 35.1 Å². The van der Waals surface area contributed by atoms with Gasteiger partial charge in [-0.3, -0.25) is 4.79 Å². The molecule has 0 saturated heterocycles. The average molecular weight is 288 g/mol. The second kappa shape index (κ2) is 6.85. The lowest BCUT2D eigenvalue weighted by Crippen LogP contribution is -2.35. The van der Waals surface area contributed by atoms with Crippen molar-refractivity contribution in [3.05, 3.63) is 22.8 Å². The Labute approximate surface area is 117 Å². The lowest BCUT2D eigenvalue weighted by molar-refractivity contribution is 0.0741. The fourth-order valence-electron chi connectivity index (χ4n) is 1.49. The summed E-state index contributed by atoms with van der Waals surface area (Å²) < 4.78 is 0. The largest absolute Gasteiger partial charge is 0.384 e. The van der Waals surface area contributed by atoms with Crippen molar-refractivity contribution < 1.29 is 4.79 Å². The molecule has 0 saturated carbocycles. The lowest BCUT2D eigenvalue weighted by atomic mass is 10.1. The van der Waals surface area contributed by atoms with E-state index in [1.807, 2.05) is 6.92 Å². The van der Waals surface area contributed by atoms with E-state index in [0.29, 0.717) is 16.4 Å². The van der Waals surface area contributed by atoms with Crippen molar-refractivity contribution in [3.63, 3.8) is 0 Å². The van der Waals surface area contributed by atoms with E-state index < -0.39 is 0 Å². The van der Waals surface area contributed by atoms with Crippen molar-refractivity contribution in [2.75, 3.05) is 24.8 Å². The van der Waals surface area contributed by atoms with Gasteiger partial charge in [-0.2, -0.15) is 11.8 Å². The first-order valence-corrected chi connectivity index (χ1v) is 7.41. The van der Waals surface area contributed by atoms with Crippen LogP contribution >= 0.6 is 23.4 Å². The maximum absolute atomic E-state index is 12.3. The van der Waals surface area contributed by atoms with Crippen LogP contribution in [0.25, 0.3) is 0 Å². The molecule has 1 amide bonds. The van der Waals surface area contributed by atoms with Crippen molar-refractivity contribution in [1.29, 1.82) is 0 Å². The molecule has 1 unspecified atom stereocenters. The number of hydrogen-bond donors (Lipinski definition) is 1. The number of carbonyl (C=O) groups is 1. The zero-order valence-corrected chi connectivity index (χ0v) is 12.4. The Kier molecular flexibility index (Phi) is 5.75. The number of rotatable bonds is 5. The van der Waals surface area contributed by atoms with E-state index >= 15 is 0 Å². The van der Waals surface area contributed by atoms with E-state index in [1.165, 1.54) is 12.3 Å². The predicted molar refractivity (Wildman–Crippen MR) is 78.2 cm³/mol. The standard InChI is InChI=1S/C12H18ClN3OS/c1-8(4-5-18-3)16(2)12(17)9-6-11(14)15-7-10(9)13/h6-8H,4-5H2,1-3H3,(H2,14,15). The number of halogens is 1. The summed E-state index contributed by atoms with van der Waals surface area (Å²) in [6.45, 7) is 2.02. The van der Waals surface area contributed by atoms with Gasteiger partial charge >= 0.3 is 0 Å². The highest BCUT2D eigenvalue weighted by Gasteiger charge is 2.20. The zero-order valence-electron chi connectivity index (χ0n) is 10.8. The maximum Gasteiger partial charge on any atom is 0.255 e. The summed E-state index contributed by atoms with van der Waals surface area (Å²) in [5.41, 5.74) is 5.98. The Bertz CT molecular complexity index is 428. The monoisotopic (exact) mass is 287 g/mol. The van der Waals surface area contributed by atoms with E-state index in [0.717, 1.165) is 12.2 Å². The molecule has 0 fully saturated rings. The third-order valence-corrected chi connectivity index (χ3v) is 3.77. The first-order valence-electron chi connectivity index (χ1n) is 5.64. The molecule has 0 aliphatic heterocycles. The molecular formula is C12H18ClN3OS. The molecule has 1 aromatic rings. The summed E-state index contributed by atoms with van der Waals surface area (Å²) in [4.78, 5) is 17.8. The van der Waals surface area contributed by atoms with Crippen molar-refractivity contribution in [2.45, 2.75) is 19.4 Å². The smallest absolute Gasteiger partial charge is 0.255 e. The van der Waals surface area contributed by atoms with Gasteiger partial charge in [0.1, 0.15) is 5.82 Å². The second-order valence-electron chi connectivity index (χ2n) is 4.14. The summed E-state index contributed by atoms with van der Waals surface area (Å²) >= 11 is 7.74. The molecule has 1 rings (SSSR count). The van der Waals surface area contributed by atoms with Crippen molar-refractivity contribution in [3.8, 4) is 0 Å². The Morgan fingerprint density at radius 1 is 1.67 bits per heavy atom. The molecule has 0 spiro atoms. The van der Waals surface area contributed by atoms with Crippen LogP contribution in [0.2, 0.25) is 5.02 Å². The molecular weight excluding hydrogens is 270 g/mol. The minimum absolute atomic E-state index is 0.122. The molecule has 0 aliphatic rings. The van der Waals surface area contributed by atoms with Crippen LogP contribution in [0.15, 0.2) is 12.3 Å². The summed E-state index contributed by atoms with van der Waals surface area (Å²) in [7, 11) is 1.78. The van der Waals surface area contributed by atoms with Crippen LogP contribution in [-0.4, -0.2) is 40.9 Å². The van der Waals surface area contributed by atoms with E-state index in [-0.39, 0.29) is 11.9 Å². The van der Waals surface area contributed by atoms with Gasteiger partial charge in [0.05, 0.1) is 10.6 Å². The van der Waals surface area contributed by atoms with Gasteiger partial charge in [0.15, 0.2) is 0 Å². The molecule has 6 heteroatoms. The van der Waals surface area contributed by atoms with Crippen LogP contribution < -0.4 is 5.73 Å². The van der Waals surface area contributed by atoms with Crippen LogP contribution in [0.4, 0.5) is 5.82 Å². The summed E-state index contributed by atoms with van der Waals surface area (Å²) in [6.07, 6.45) is 4.40. The summed E-state index contributed by atoms with van der Waals surface area (Å²) in [6, 6.07) is 1.68. The van der Waals surface area contributed by atoms with E-state index in [2.05, 4.69) is 11.2 Å². The average Bonchev–Trinajstić information content (AvgIpc) is 2.37. The molecule has 18 heavy (non-hydrogen) atoms. The van der Waals surface area contributed by atoms with Gasteiger partial charge in [-0.1, -0.05) is 11.6 Å². The number of nitrogen functional groups attached to an aromatic ring is 1. The number of aromatic nitrogens is 1. The third kappa shape index (κ3) is 3.78. The van der Waals surface area contributed by atoms with Crippen LogP contribution in [-0.2, 0) is 0 Å². The predicted octanol–water partition coefficient (Wildman–Crippen LogP) is 2.53. The van der Waals surface area contributed by atoms with Gasteiger partial charge in [0.25, 0.3) is 5.91 Å². The molecule has 0 bridgehead atoms. The van der Waals surface area contributed by atoms with Gasteiger partial charge in [-0.15, -0.1) is 0 Å². The van der Waals surface area contributed by atoms with Gasteiger partial charge in [-0.05, 0) is 31.4 Å². The van der Waals surface area contributed by atoms with Crippen molar-refractivity contribution in [1.82, 2.24) is 9.88 Å². The molecule has 0 radical (unpaired) electrons. The first kappa shape index (κ1) is 15.1. The Morgan fingerprint density at radius 2 is 2.33 bits per heavy atom. The zero-order chi connectivity index (χ0) is 13.7. The number of thioether (sulfide) groups is 1. The number of nitrogens with two attached hydrogens (primary N) is 1. The number of hydrogen-bond acceptors (Lipinski definition) is 4. The fourth-order valence-corrected chi connectivity index (χ4v) is 2.25. The molecule has 100 valence electrons. The van der Waals surface area contributed by atoms with Crippen LogP contribution in [0, 0.1) is 0 Å². The molecule has 4 nitrogen and oxygen atoms in total. The number of carbonyl (C=O) groups excluding carboxylic acids is 1. The molecule has 1 aromatic heterocycles. The molecule has 2 N–H and O–H groups in total. The van der Waals surface area contributed by atoms with E-state index in [4.69, 9.17) is 17.3 Å². The maximum atomic E-state index is 12.3. The van der Waals surface area contributed by atoms with E-state index in [1.54, 1.807) is 23.7 Å². The number of pyridine rings is 1. The van der Waals surface area contributed by atoms with Gasteiger partial charge in [0, 0.05) is 19.3 Å².